The van der Waals surface area contributed by atoms with Crippen LogP contribution in [0.2, 0.25) is 0 Å². The Labute approximate surface area is 89.6 Å². The number of hydrazone groups is 1. The van der Waals surface area contributed by atoms with Gasteiger partial charge >= 0.3 is 5.69 Å². The highest BCUT2D eigenvalue weighted by Crippen LogP contribution is 1.76. The number of nitrogens with zero attached hydrogens (tertiary/aromatic N) is 1. The van der Waals surface area contributed by atoms with E-state index in [4.69, 9.17) is 12.2 Å². The molecule has 0 bridgehead atoms. The van der Waals surface area contributed by atoms with Gasteiger partial charge in [-0.2, -0.15) is 5.10 Å². The Kier molecular flexibility index (Phi) is 3.75. The zero-order valence-electron chi connectivity index (χ0n) is 7.83. The molecule has 0 fully saturated rings. The average molecular weight is 227 g/mol. The zero-order chi connectivity index (χ0) is 11.3. The molecule has 1 aromatic rings. The predicted molar refractivity (Wildman–Crippen MR) is 60.1 cm³/mol. The van der Waals surface area contributed by atoms with Gasteiger partial charge in [-0.25, -0.2) is 4.79 Å². The minimum Gasteiger partial charge on any atom is -0.364 e. The van der Waals surface area contributed by atoms with Crippen molar-refractivity contribution in [2.24, 2.45) is 5.10 Å². The van der Waals surface area contributed by atoms with Crippen molar-refractivity contribution in [2.45, 2.75) is 0 Å². The minimum atomic E-state index is -0.559. The van der Waals surface area contributed by atoms with Crippen LogP contribution in [-0.4, -0.2) is 28.3 Å². The van der Waals surface area contributed by atoms with Crippen LogP contribution in [0, 0.1) is 0 Å². The molecule has 8 heteroatoms. The monoisotopic (exact) mass is 227 g/mol. The molecule has 0 radical (unpaired) electrons. The standard InChI is InChI=1S/C7H9N5O2S/c1-8-7(15)12-10-3-4-2-9-6(14)11-5(4)13/h2-3H,1H3,(H2,8,12,15)(H2,9,11,13,14)/b10-3+. The van der Waals surface area contributed by atoms with Crippen molar-refractivity contribution in [1.29, 1.82) is 0 Å². The second-order valence-electron chi connectivity index (χ2n) is 2.48. The van der Waals surface area contributed by atoms with Crippen LogP contribution in [0.25, 0.3) is 0 Å². The van der Waals surface area contributed by atoms with Crippen molar-refractivity contribution >= 4 is 23.5 Å². The molecule has 1 rings (SSSR count). The fraction of sp³-hybridized carbons (Fsp3) is 0.143. The van der Waals surface area contributed by atoms with Crippen molar-refractivity contribution in [2.75, 3.05) is 7.05 Å². The molecule has 1 aromatic heterocycles. The molecule has 15 heavy (non-hydrogen) atoms. The Hall–Kier alpha value is -1.96. The van der Waals surface area contributed by atoms with E-state index in [0.29, 0.717) is 5.11 Å². The van der Waals surface area contributed by atoms with Gasteiger partial charge in [-0.3, -0.25) is 15.2 Å². The first-order valence-corrected chi connectivity index (χ1v) is 4.37. The smallest absolute Gasteiger partial charge is 0.325 e. The molecule has 0 atom stereocenters. The van der Waals surface area contributed by atoms with Crippen LogP contribution < -0.4 is 22.0 Å². The molecule has 0 aromatic carbocycles. The zero-order valence-corrected chi connectivity index (χ0v) is 8.64. The number of hydrogen-bond acceptors (Lipinski definition) is 4. The Bertz CT molecular complexity index is 489. The van der Waals surface area contributed by atoms with Crippen molar-refractivity contribution in [3.8, 4) is 0 Å². The molecule has 0 spiro atoms. The summed E-state index contributed by atoms with van der Waals surface area (Å²) >= 11 is 4.74. The third kappa shape index (κ3) is 3.35. The van der Waals surface area contributed by atoms with E-state index in [9.17, 15) is 9.59 Å². The fourth-order valence-electron chi connectivity index (χ4n) is 0.732. The molecule has 0 amide bonds. The minimum absolute atomic E-state index is 0.223. The first-order valence-electron chi connectivity index (χ1n) is 3.96. The van der Waals surface area contributed by atoms with E-state index in [1.165, 1.54) is 12.4 Å². The first-order chi connectivity index (χ1) is 7.13. The third-order valence-corrected chi connectivity index (χ3v) is 1.74. The fourth-order valence-corrected chi connectivity index (χ4v) is 0.785. The summed E-state index contributed by atoms with van der Waals surface area (Å²) < 4.78 is 0. The van der Waals surface area contributed by atoms with Gasteiger partial charge in [0.2, 0.25) is 0 Å². The number of H-pyrrole nitrogens is 2. The molecule has 80 valence electrons. The molecular weight excluding hydrogens is 218 g/mol. The largest absolute Gasteiger partial charge is 0.364 e. The van der Waals surface area contributed by atoms with Gasteiger partial charge < -0.3 is 10.3 Å². The number of hydrogen-bond donors (Lipinski definition) is 4. The molecule has 0 saturated heterocycles. The van der Waals surface area contributed by atoms with Gasteiger partial charge in [-0.15, -0.1) is 0 Å². The van der Waals surface area contributed by atoms with Gasteiger partial charge in [0, 0.05) is 13.2 Å². The summed E-state index contributed by atoms with van der Waals surface area (Å²) in [5, 5.41) is 6.65. The lowest BCUT2D eigenvalue weighted by atomic mass is 10.4. The summed E-state index contributed by atoms with van der Waals surface area (Å²) in [6, 6.07) is 0. The number of rotatable bonds is 2. The predicted octanol–water partition coefficient (Wildman–Crippen LogP) is -1.51. The first kappa shape index (κ1) is 11.1. The summed E-state index contributed by atoms with van der Waals surface area (Å²) in [6.07, 6.45) is 2.51. The number of aromatic amines is 2. The summed E-state index contributed by atoms with van der Waals surface area (Å²) in [4.78, 5) is 26.2. The molecule has 4 N–H and O–H groups in total. The molecule has 1 heterocycles. The van der Waals surface area contributed by atoms with E-state index < -0.39 is 11.2 Å². The van der Waals surface area contributed by atoms with Crippen molar-refractivity contribution in [1.82, 2.24) is 20.7 Å². The summed E-state index contributed by atoms with van der Waals surface area (Å²) in [5.74, 6) is 0. The van der Waals surface area contributed by atoms with Crippen molar-refractivity contribution in [3.63, 3.8) is 0 Å². The highest BCUT2D eigenvalue weighted by atomic mass is 32.1. The topological polar surface area (TPSA) is 102 Å². The molecule has 0 saturated carbocycles. The summed E-state index contributed by atoms with van der Waals surface area (Å²) in [5.41, 5.74) is 1.62. The number of nitrogens with one attached hydrogen (secondary N) is 4. The van der Waals surface area contributed by atoms with Crippen LogP contribution in [0.5, 0.6) is 0 Å². The van der Waals surface area contributed by atoms with E-state index in [1.807, 2.05) is 0 Å². The van der Waals surface area contributed by atoms with Crippen LogP contribution >= 0.6 is 12.2 Å². The highest BCUT2D eigenvalue weighted by Gasteiger charge is 1.95. The van der Waals surface area contributed by atoms with Gasteiger partial charge in [0.1, 0.15) is 0 Å². The van der Waals surface area contributed by atoms with Gasteiger partial charge in [0.15, 0.2) is 5.11 Å². The van der Waals surface area contributed by atoms with E-state index in [1.54, 1.807) is 7.05 Å². The lowest BCUT2D eigenvalue weighted by Gasteiger charge is -1.98. The van der Waals surface area contributed by atoms with Crippen molar-refractivity contribution in [3.05, 3.63) is 32.6 Å². The van der Waals surface area contributed by atoms with Crippen LogP contribution in [0.4, 0.5) is 0 Å². The van der Waals surface area contributed by atoms with Crippen LogP contribution in [0.15, 0.2) is 20.9 Å². The molecule has 7 nitrogen and oxygen atoms in total. The van der Waals surface area contributed by atoms with Gasteiger partial charge in [-0.1, -0.05) is 0 Å². The molecule has 0 aliphatic rings. The third-order valence-electron chi connectivity index (χ3n) is 1.44. The second-order valence-corrected chi connectivity index (χ2v) is 2.88. The maximum absolute atomic E-state index is 11.1. The summed E-state index contributed by atoms with van der Waals surface area (Å²) in [7, 11) is 1.64. The Morgan fingerprint density at radius 2 is 2.33 bits per heavy atom. The summed E-state index contributed by atoms with van der Waals surface area (Å²) in [6.45, 7) is 0. The Morgan fingerprint density at radius 3 is 2.93 bits per heavy atom. The van der Waals surface area contributed by atoms with Gasteiger partial charge in [-0.05, 0) is 12.2 Å². The SMILES string of the molecule is CNC(=S)N/N=C/c1c[nH]c(=O)[nH]c1=O. The normalized spacial score (nSPS) is 10.2. The average Bonchev–Trinajstić information content (AvgIpc) is 2.21. The number of thiocarbonyl (C=S) groups is 1. The van der Waals surface area contributed by atoms with Crippen molar-refractivity contribution < 1.29 is 0 Å². The lowest BCUT2D eigenvalue weighted by molar-refractivity contribution is 0.977. The molecule has 0 aliphatic heterocycles. The Morgan fingerprint density at radius 1 is 1.60 bits per heavy atom. The Balaban J connectivity index is 2.77. The van der Waals surface area contributed by atoms with Crippen LogP contribution in [0.3, 0.4) is 0 Å². The second kappa shape index (κ2) is 5.05. The molecular formula is C7H9N5O2S. The number of aromatic nitrogens is 2. The quantitative estimate of drug-likeness (QED) is 0.279. The van der Waals surface area contributed by atoms with E-state index in [-0.39, 0.29) is 5.56 Å². The van der Waals surface area contributed by atoms with Gasteiger partial charge in [0.25, 0.3) is 5.56 Å². The maximum Gasteiger partial charge on any atom is 0.325 e. The van der Waals surface area contributed by atoms with E-state index in [0.717, 1.165) is 0 Å². The van der Waals surface area contributed by atoms with E-state index in [2.05, 4.69) is 25.8 Å². The molecule has 0 unspecified atom stereocenters. The van der Waals surface area contributed by atoms with Crippen LogP contribution in [-0.2, 0) is 0 Å². The highest BCUT2D eigenvalue weighted by molar-refractivity contribution is 7.80. The van der Waals surface area contributed by atoms with E-state index >= 15 is 0 Å². The maximum atomic E-state index is 11.1. The van der Waals surface area contributed by atoms with Crippen LogP contribution in [0.1, 0.15) is 5.56 Å². The van der Waals surface area contributed by atoms with Gasteiger partial charge in [0.05, 0.1) is 11.8 Å². The molecule has 0 aliphatic carbocycles. The lowest BCUT2D eigenvalue weighted by Crippen LogP contribution is -2.29.